The van der Waals surface area contributed by atoms with Crippen LogP contribution in [0.3, 0.4) is 0 Å². The lowest BCUT2D eigenvalue weighted by Crippen LogP contribution is -2.33. The predicted molar refractivity (Wildman–Crippen MR) is 91.7 cm³/mol. The summed E-state index contributed by atoms with van der Waals surface area (Å²) >= 11 is 1.50. The maximum Gasteiger partial charge on any atom is 0.141 e. The maximum atomic E-state index is 13.2. The molecular weight excluding hydrogens is 329 g/mol. The summed E-state index contributed by atoms with van der Waals surface area (Å²) < 4.78 is 13.2. The molecule has 3 heterocycles. The highest BCUT2D eigenvalue weighted by molar-refractivity contribution is 7.17. The van der Waals surface area contributed by atoms with Crippen molar-refractivity contribution in [2.75, 3.05) is 18.1 Å². The van der Waals surface area contributed by atoms with E-state index in [0.717, 1.165) is 21.3 Å². The SMILES string of the molecule is OC[C@@H]1C[C@H](O)CN1c1ncnc2scc(-c3ccc(F)cc3)c12. The van der Waals surface area contributed by atoms with Crippen molar-refractivity contribution in [3.05, 3.63) is 41.8 Å². The van der Waals surface area contributed by atoms with E-state index in [2.05, 4.69) is 9.97 Å². The zero-order valence-electron chi connectivity index (χ0n) is 12.8. The highest BCUT2D eigenvalue weighted by atomic mass is 32.1. The van der Waals surface area contributed by atoms with E-state index in [9.17, 15) is 14.6 Å². The van der Waals surface area contributed by atoms with E-state index in [4.69, 9.17) is 0 Å². The van der Waals surface area contributed by atoms with Crippen LogP contribution in [0.1, 0.15) is 6.42 Å². The van der Waals surface area contributed by atoms with E-state index in [1.54, 1.807) is 12.1 Å². The second-order valence-electron chi connectivity index (χ2n) is 5.91. The molecule has 0 bridgehead atoms. The van der Waals surface area contributed by atoms with Crippen molar-refractivity contribution < 1.29 is 14.6 Å². The Morgan fingerprint density at radius 1 is 1.25 bits per heavy atom. The van der Waals surface area contributed by atoms with Crippen LogP contribution in [0.15, 0.2) is 36.0 Å². The van der Waals surface area contributed by atoms with Crippen LogP contribution in [-0.4, -0.2) is 45.5 Å². The average Bonchev–Trinajstić information content (AvgIpc) is 3.18. The Hall–Kier alpha value is -2.09. The minimum absolute atomic E-state index is 0.0431. The molecule has 1 fully saturated rings. The Morgan fingerprint density at radius 2 is 2.04 bits per heavy atom. The summed E-state index contributed by atoms with van der Waals surface area (Å²) in [6.45, 7) is 0.384. The summed E-state index contributed by atoms with van der Waals surface area (Å²) in [6.07, 6.45) is 1.53. The predicted octanol–water partition coefficient (Wildman–Crippen LogP) is 2.43. The number of aromatic nitrogens is 2. The number of hydrogen-bond acceptors (Lipinski definition) is 6. The van der Waals surface area contributed by atoms with E-state index >= 15 is 0 Å². The molecule has 2 N–H and O–H groups in total. The normalized spacial score (nSPS) is 20.9. The Kier molecular flexibility index (Phi) is 3.91. The molecule has 0 unspecified atom stereocenters. The van der Waals surface area contributed by atoms with Gasteiger partial charge in [0, 0.05) is 17.5 Å². The lowest BCUT2D eigenvalue weighted by atomic mass is 10.1. The van der Waals surface area contributed by atoms with E-state index in [1.807, 2.05) is 10.3 Å². The van der Waals surface area contributed by atoms with E-state index in [0.29, 0.717) is 18.8 Å². The Bertz CT molecular complexity index is 868. The molecule has 0 saturated carbocycles. The van der Waals surface area contributed by atoms with Crippen molar-refractivity contribution in [2.24, 2.45) is 0 Å². The van der Waals surface area contributed by atoms with Gasteiger partial charge in [-0.05, 0) is 24.1 Å². The molecule has 0 radical (unpaired) electrons. The maximum absolute atomic E-state index is 13.2. The third-order valence-electron chi connectivity index (χ3n) is 4.38. The van der Waals surface area contributed by atoms with Crippen LogP contribution < -0.4 is 4.90 Å². The number of aliphatic hydroxyl groups is 2. The lowest BCUT2D eigenvalue weighted by molar-refractivity contribution is 0.184. The second-order valence-corrected chi connectivity index (χ2v) is 6.77. The van der Waals surface area contributed by atoms with Crippen LogP contribution >= 0.6 is 11.3 Å². The summed E-state index contributed by atoms with van der Waals surface area (Å²) in [5.74, 6) is 0.425. The van der Waals surface area contributed by atoms with Crippen molar-refractivity contribution in [3.8, 4) is 11.1 Å². The quantitative estimate of drug-likeness (QED) is 0.763. The summed E-state index contributed by atoms with van der Waals surface area (Å²) in [4.78, 5) is 11.5. The summed E-state index contributed by atoms with van der Waals surface area (Å²) in [7, 11) is 0. The summed E-state index contributed by atoms with van der Waals surface area (Å²) in [5.41, 5.74) is 1.82. The van der Waals surface area contributed by atoms with Gasteiger partial charge in [-0.15, -0.1) is 11.3 Å². The first-order valence-corrected chi connectivity index (χ1v) is 8.59. The van der Waals surface area contributed by atoms with Crippen LogP contribution in [0.25, 0.3) is 21.3 Å². The number of halogens is 1. The molecule has 24 heavy (non-hydrogen) atoms. The first-order chi connectivity index (χ1) is 11.7. The van der Waals surface area contributed by atoms with E-state index < -0.39 is 6.10 Å². The van der Waals surface area contributed by atoms with Gasteiger partial charge >= 0.3 is 0 Å². The van der Waals surface area contributed by atoms with Crippen LogP contribution in [0.4, 0.5) is 10.2 Å². The van der Waals surface area contributed by atoms with Gasteiger partial charge in [0.05, 0.1) is 24.1 Å². The van der Waals surface area contributed by atoms with Crippen molar-refractivity contribution in [2.45, 2.75) is 18.6 Å². The molecule has 124 valence electrons. The third kappa shape index (κ3) is 2.54. The summed E-state index contributed by atoms with van der Waals surface area (Å²) in [5, 5.41) is 22.4. The largest absolute Gasteiger partial charge is 0.394 e. The Morgan fingerprint density at radius 3 is 2.79 bits per heavy atom. The van der Waals surface area contributed by atoms with Gasteiger partial charge in [0.15, 0.2) is 0 Å². The molecule has 0 spiro atoms. The van der Waals surface area contributed by atoms with Crippen LogP contribution in [0.5, 0.6) is 0 Å². The number of fused-ring (bicyclic) bond motifs is 1. The zero-order chi connectivity index (χ0) is 16.7. The number of benzene rings is 1. The monoisotopic (exact) mass is 345 g/mol. The van der Waals surface area contributed by atoms with Crippen molar-refractivity contribution in [1.82, 2.24) is 9.97 Å². The van der Waals surface area contributed by atoms with Crippen molar-refractivity contribution >= 4 is 27.4 Å². The van der Waals surface area contributed by atoms with Gasteiger partial charge in [-0.1, -0.05) is 12.1 Å². The number of nitrogens with zero attached hydrogens (tertiary/aromatic N) is 3. The second kappa shape index (κ2) is 6.08. The molecule has 1 aromatic carbocycles. The average molecular weight is 345 g/mol. The Balaban J connectivity index is 1.87. The molecule has 1 aliphatic heterocycles. The molecule has 3 aromatic rings. The third-order valence-corrected chi connectivity index (χ3v) is 5.27. The fraction of sp³-hybridized carbons (Fsp3) is 0.294. The van der Waals surface area contributed by atoms with Crippen molar-refractivity contribution in [3.63, 3.8) is 0 Å². The van der Waals surface area contributed by atoms with Crippen molar-refractivity contribution in [1.29, 1.82) is 0 Å². The molecule has 4 rings (SSSR count). The number of rotatable bonds is 3. The molecule has 7 heteroatoms. The topological polar surface area (TPSA) is 69.5 Å². The number of aliphatic hydroxyl groups excluding tert-OH is 2. The van der Waals surface area contributed by atoms with Gasteiger partial charge in [-0.2, -0.15) is 0 Å². The molecule has 5 nitrogen and oxygen atoms in total. The highest BCUT2D eigenvalue weighted by Crippen LogP contribution is 2.39. The van der Waals surface area contributed by atoms with Gasteiger partial charge in [0.2, 0.25) is 0 Å². The smallest absolute Gasteiger partial charge is 0.141 e. The van der Waals surface area contributed by atoms with Gasteiger partial charge in [0.1, 0.15) is 22.8 Å². The summed E-state index contributed by atoms with van der Waals surface area (Å²) in [6, 6.07) is 6.15. The number of anilines is 1. The highest BCUT2D eigenvalue weighted by Gasteiger charge is 2.33. The fourth-order valence-electron chi connectivity index (χ4n) is 3.24. The number of thiophene rings is 1. The van der Waals surface area contributed by atoms with E-state index in [-0.39, 0.29) is 18.5 Å². The fourth-order valence-corrected chi connectivity index (χ4v) is 4.15. The minimum Gasteiger partial charge on any atom is -0.394 e. The molecular formula is C17H16FN3O2S. The zero-order valence-corrected chi connectivity index (χ0v) is 13.6. The van der Waals surface area contributed by atoms with Gasteiger partial charge in [-0.25, -0.2) is 14.4 Å². The molecule has 1 aliphatic rings. The molecule has 2 aromatic heterocycles. The van der Waals surface area contributed by atoms with Crippen LogP contribution in [-0.2, 0) is 0 Å². The van der Waals surface area contributed by atoms with E-state index in [1.165, 1.54) is 29.8 Å². The van der Waals surface area contributed by atoms with Gasteiger partial charge < -0.3 is 15.1 Å². The van der Waals surface area contributed by atoms with Gasteiger partial charge in [0.25, 0.3) is 0 Å². The standard InChI is InChI=1S/C17H16FN3O2S/c18-11-3-1-10(2-4-11)14-8-24-17-15(14)16(19-9-20-17)21-6-13(23)5-12(21)7-22/h1-4,8-9,12-13,22-23H,5-7H2/t12-,13-/m0/s1. The Labute approximate surface area is 142 Å². The minimum atomic E-state index is -0.486. The molecule has 2 atom stereocenters. The number of β-amino-alcohol motifs (C(OH)–C–C–N with tert-alkyl or cyclic N) is 1. The molecule has 1 saturated heterocycles. The van der Waals surface area contributed by atoms with Crippen LogP contribution in [0, 0.1) is 5.82 Å². The lowest BCUT2D eigenvalue weighted by Gasteiger charge is -2.24. The molecule has 0 amide bonds. The first kappa shape index (κ1) is 15.4. The van der Waals surface area contributed by atoms with Crippen LogP contribution in [0.2, 0.25) is 0 Å². The van der Waals surface area contributed by atoms with Gasteiger partial charge in [-0.3, -0.25) is 0 Å². The molecule has 0 aliphatic carbocycles. The number of hydrogen-bond donors (Lipinski definition) is 2. The first-order valence-electron chi connectivity index (χ1n) is 7.71.